The van der Waals surface area contributed by atoms with Crippen LogP contribution in [0.3, 0.4) is 0 Å². The Morgan fingerprint density at radius 3 is 2.75 bits per heavy atom. The number of para-hydroxylation sites is 1. The molecule has 0 aliphatic heterocycles. The Labute approximate surface area is 117 Å². The van der Waals surface area contributed by atoms with Crippen molar-refractivity contribution in [3.05, 3.63) is 66.5 Å². The molecule has 0 aliphatic rings. The molecule has 1 atom stereocenters. The third-order valence-electron chi connectivity index (χ3n) is 3.37. The average Bonchev–Trinajstić information content (AvgIpc) is 3.10. The van der Waals surface area contributed by atoms with E-state index in [1.54, 1.807) is 6.20 Å². The molecule has 5 heteroatoms. The van der Waals surface area contributed by atoms with Crippen molar-refractivity contribution in [2.45, 2.75) is 12.5 Å². The van der Waals surface area contributed by atoms with Crippen LogP contribution < -0.4 is 5.73 Å². The summed E-state index contributed by atoms with van der Waals surface area (Å²) < 4.78 is 3.83. The van der Waals surface area contributed by atoms with Gasteiger partial charge in [0, 0.05) is 43.7 Å². The van der Waals surface area contributed by atoms with Crippen molar-refractivity contribution in [2.75, 3.05) is 0 Å². The molecule has 2 aromatic heterocycles. The van der Waals surface area contributed by atoms with Gasteiger partial charge in [0.15, 0.2) is 0 Å². The van der Waals surface area contributed by atoms with Crippen LogP contribution in [0, 0.1) is 0 Å². The van der Waals surface area contributed by atoms with E-state index in [2.05, 4.69) is 10.1 Å². The van der Waals surface area contributed by atoms with Crippen molar-refractivity contribution in [1.29, 1.82) is 0 Å². The molecule has 102 valence electrons. The van der Waals surface area contributed by atoms with Crippen molar-refractivity contribution in [1.82, 2.24) is 19.3 Å². The summed E-state index contributed by atoms with van der Waals surface area (Å²) in [6, 6.07) is 9.89. The summed E-state index contributed by atoms with van der Waals surface area (Å²) in [5.74, 6) is 0.977. The fourth-order valence-electron chi connectivity index (χ4n) is 2.16. The average molecular weight is 267 g/mol. The topological polar surface area (TPSA) is 61.7 Å². The molecule has 0 spiro atoms. The summed E-state index contributed by atoms with van der Waals surface area (Å²) >= 11 is 0. The van der Waals surface area contributed by atoms with Crippen LogP contribution in [0.15, 0.2) is 55.1 Å². The number of nitrogens with two attached hydrogens (primary N) is 1. The highest BCUT2D eigenvalue weighted by atomic mass is 15.3. The van der Waals surface area contributed by atoms with Gasteiger partial charge in [-0.3, -0.25) is 0 Å². The van der Waals surface area contributed by atoms with Crippen LogP contribution in [-0.2, 0) is 13.5 Å². The Balaban J connectivity index is 1.78. The fourth-order valence-corrected chi connectivity index (χ4v) is 2.16. The molecule has 2 N–H and O–H groups in total. The van der Waals surface area contributed by atoms with E-state index in [9.17, 15) is 0 Å². The van der Waals surface area contributed by atoms with E-state index in [1.807, 2.05) is 65.2 Å². The first kappa shape index (κ1) is 12.6. The standard InChI is InChI=1S/C15H17N5/c1-19-8-7-17-15(19)9-14(16)12-10-18-20(11-12)13-5-3-2-4-6-13/h2-8,10-11,14H,9,16H2,1H3. The zero-order chi connectivity index (χ0) is 13.9. The highest BCUT2D eigenvalue weighted by Gasteiger charge is 2.12. The molecule has 0 bridgehead atoms. The molecule has 1 aromatic carbocycles. The van der Waals surface area contributed by atoms with Gasteiger partial charge >= 0.3 is 0 Å². The molecule has 0 saturated heterocycles. The number of hydrogen-bond donors (Lipinski definition) is 1. The summed E-state index contributed by atoms with van der Waals surface area (Å²) in [6.45, 7) is 0. The number of imidazole rings is 1. The van der Waals surface area contributed by atoms with Crippen molar-refractivity contribution < 1.29 is 0 Å². The smallest absolute Gasteiger partial charge is 0.110 e. The number of hydrogen-bond acceptors (Lipinski definition) is 3. The molecule has 0 fully saturated rings. The van der Waals surface area contributed by atoms with E-state index in [1.165, 1.54) is 0 Å². The lowest BCUT2D eigenvalue weighted by molar-refractivity contribution is 0.659. The molecule has 0 amide bonds. The fraction of sp³-hybridized carbons (Fsp3) is 0.200. The number of benzene rings is 1. The van der Waals surface area contributed by atoms with Gasteiger partial charge < -0.3 is 10.3 Å². The Morgan fingerprint density at radius 1 is 1.25 bits per heavy atom. The number of rotatable bonds is 4. The normalized spacial score (nSPS) is 12.5. The van der Waals surface area contributed by atoms with Crippen molar-refractivity contribution in [2.24, 2.45) is 12.8 Å². The first-order valence-electron chi connectivity index (χ1n) is 6.56. The highest BCUT2D eigenvalue weighted by Crippen LogP contribution is 2.16. The second-order valence-corrected chi connectivity index (χ2v) is 4.82. The second kappa shape index (κ2) is 5.30. The molecule has 3 rings (SSSR count). The Hall–Kier alpha value is -2.40. The monoisotopic (exact) mass is 267 g/mol. The van der Waals surface area contributed by atoms with Gasteiger partial charge in [0.05, 0.1) is 11.9 Å². The molecular weight excluding hydrogens is 250 g/mol. The van der Waals surface area contributed by atoms with Gasteiger partial charge in [0.2, 0.25) is 0 Å². The van der Waals surface area contributed by atoms with Gasteiger partial charge in [-0.2, -0.15) is 5.10 Å². The van der Waals surface area contributed by atoms with Gasteiger partial charge in [-0.05, 0) is 12.1 Å². The summed E-state index contributed by atoms with van der Waals surface area (Å²) in [5, 5.41) is 4.37. The lowest BCUT2D eigenvalue weighted by Crippen LogP contribution is -2.15. The first-order chi connectivity index (χ1) is 9.74. The second-order valence-electron chi connectivity index (χ2n) is 4.82. The molecular formula is C15H17N5. The van der Waals surface area contributed by atoms with Gasteiger partial charge in [-0.15, -0.1) is 0 Å². The predicted molar refractivity (Wildman–Crippen MR) is 77.4 cm³/mol. The van der Waals surface area contributed by atoms with Crippen LogP contribution in [0.1, 0.15) is 17.4 Å². The molecule has 0 aliphatic carbocycles. The van der Waals surface area contributed by atoms with Gasteiger partial charge in [0.25, 0.3) is 0 Å². The molecule has 0 radical (unpaired) electrons. The largest absolute Gasteiger partial charge is 0.338 e. The molecule has 0 saturated carbocycles. The maximum Gasteiger partial charge on any atom is 0.110 e. The van der Waals surface area contributed by atoms with Crippen LogP contribution in [0.25, 0.3) is 5.69 Å². The summed E-state index contributed by atoms with van der Waals surface area (Å²) in [5.41, 5.74) is 8.28. The minimum atomic E-state index is -0.103. The van der Waals surface area contributed by atoms with Gasteiger partial charge in [-0.1, -0.05) is 18.2 Å². The maximum atomic E-state index is 6.24. The molecule has 2 heterocycles. The van der Waals surface area contributed by atoms with Gasteiger partial charge in [0.1, 0.15) is 5.82 Å². The number of nitrogens with zero attached hydrogens (tertiary/aromatic N) is 4. The SMILES string of the molecule is Cn1ccnc1CC(N)c1cnn(-c2ccccc2)c1. The van der Waals surface area contributed by atoms with Crippen molar-refractivity contribution in [3.63, 3.8) is 0 Å². The Bertz CT molecular complexity index is 683. The van der Waals surface area contributed by atoms with E-state index in [0.717, 1.165) is 17.1 Å². The lowest BCUT2D eigenvalue weighted by atomic mass is 10.1. The molecule has 5 nitrogen and oxygen atoms in total. The predicted octanol–water partition coefficient (Wildman–Crippen LogP) is 1.85. The zero-order valence-electron chi connectivity index (χ0n) is 11.3. The van der Waals surface area contributed by atoms with Crippen molar-refractivity contribution in [3.8, 4) is 5.69 Å². The molecule has 20 heavy (non-hydrogen) atoms. The summed E-state index contributed by atoms with van der Waals surface area (Å²) in [7, 11) is 1.97. The van der Waals surface area contributed by atoms with Crippen LogP contribution in [0.2, 0.25) is 0 Å². The van der Waals surface area contributed by atoms with Crippen LogP contribution in [0.4, 0.5) is 0 Å². The third kappa shape index (κ3) is 2.48. The minimum Gasteiger partial charge on any atom is -0.338 e. The van der Waals surface area contributed by atoms with Crippen LogP contribution >= 0.6 is 0 Å². The maximum absolute atomic E-state index is 6.24. The molecule has 3 aromatic rings. The third-order valence-corrected chi connectivity index (χ3v) is 3.37. The summed E-state index contributed by atoms with van der Waals surface area (Å²) in [6.07, 6.45) is 8.21. The van der Waals surface area contributed by atoms with E-state index in [4.69, 9.17) is 5.73 Å². The first-order valence-corrected chi connectivity index (χ1v) is 6.56. The number of aryl methyl sites for hydroxylation is 1. The summed E-state index contributed by atoms with van der Waals surface area (Å²) in [4.78, 5) is 4.30. The van der Waals surface area contributed by atoms with Crippen LogP contribution in [0.5, 0.6) is 0 Å². The zero-order valence-corrected chi connectivity index (χ0v) is 11.3. The highest BCUT2D eigenvalue weighted by molar-refractivity contribution is 5.31. The van der Waals surface area contributed by atoms with E-state index in [0.29, 0.717) is 6.42 Å². The quantitative estimate of drug-likeness (QED) is 0.784. The van der Waals surface area contributed by atoms with E-state index >= 15 is 0 Å². The van der Waals surface area contributed by atoms with Crippen LogP contribution in [-0.4, -0.2) is 19.3 Å². The van der Waals surface area contributed by atoms with E-state index < -0.39 is 0 Å². The molecule has 1 unspecified atom stereocenters. The minimum absolute atomic E-state index is 0.103. The lowest BCUT2D eigenvalue weighted by Gasteiger charge is -2.09. The van der Waals surface area contributed by atoms with E-state index in [-0.39, 0.29) is 6.04 Å². The van der Waals surface area contributed by atoms with Crippen molar-refractivity contribution >= 4 is 0 Å². The Kier molecular flexibility index (Phi) is 3.35. The number of aromatic nitrogens is 4. The van der Waals surface area contributed by atoms with Gasteiger partial charge in [-0.25, -0.2) is 9.67 Å². The Morgan fingerprint density at radius 2 is 2.05 bits per heavy atom.